The molecular weight excluding hydrogens is 284 g/mol. The third kappa shape index (κ3) is 18.9. The number of ether oxygens (including phenoxy) is 1. The minimum absolute atomic E-state index is 0.00741. The van der Waals surface area contributed by atoms with Crippen molar-refractivity contribution < 1.29 is 9.53 Å². The third-order valence-corrected chi connectivity index (χ3v) is 4.00. The van der Waals surface area contributed by atoms with Crippen molar-refractivity contribution in [2.75, 3.05) is 6.61 Å². The number of rotatable bonds is 16. The van der Waals surface area contributed by atoms with Crippen LogP contribution >= 0.6 is 0 Å². The van der Waals surface area contributed by atoms with Gasteiger partial charge < -0.3 is 4.74 Å². The molecule has 2 heteroatoms. The molecule has 0 saturated carbocycles. The molecule has 0 aromatic carbocycles. The fourth-order valence-electron chi connectivity index (χ4n) is 2.55. The lowest BCUT2D eigenvalue weighted by Gasteiger charge is -2.05. The quantitative estimate of drug-likeness (QED) is 0.178. The molecule has 0 aliphatic carbocycles. The maximum Gasteiger partial charge on any atom is 0.305 e. The smallest absolute Gasteiger partial charge is 0.305 e. The number of hydrogen-bond acceptors (Lipinski definition) is 2. The Morgan fingerprint density at radius 3 is 1.74 bits per heavy atom. The van der Waals surface area contributed by atoms with Crippen LogP contribution in [-0.2, 0) is 9.53 Å². The van der Waals surface area contributed by atoms with Gasteiger partial charge in [-0.1, -0.05) is 62.8 Å². The van der Waals surface area contributed by atoms with Gasteiger partial charge in [-0.2, -0.15) is 0 Å². The van der Waals surface area contributed by atoms with Crippen molar-refractivity contribution in [2.24, 2.45) is 0 Å². The zero-order valence-corrected chi connectivity index (χ0v) is 15.5. The molecule has 0 unspecified atom stereocenters. The van der Waals surface area contributed by atoms with E-state index < -0.39 is 0 Å². The van der Waals surface area contributed by atoms with Gasteiger partial charge in [-0.3, -0.25) is 4.79 Å². The third-order valence-electron chi connectivity index (χ3n) is 4.00. The van der Waals surface area contributed by atoms with E-state index in [-0.39, 0.29) is 5.97 Å². The molecular formula is C21H38O2. The van der Waals surface area contributed by atoms with E-state index in [4.69, 9.17) is 4.74 Å². The number of hydrogen-bond donors (Lipinski definition) is 0. The van der Waals surface area contributed by atoms with E-state index >= 15 is 0 Å². The van der Waals surface area contributed by atoms with E-state index in [1.165, 1.54) is 51.4 Å². The molecule has 0 rings (SSSR count). The molecule has 0 radical (unpaired) electrons. The van der Waals surface area contributed by atoms with Crippen LogP contribution in [0.25, 0.3) is 0 Å². The van der Waals surface area contributed by atoms with Gasteiger partial charge in [-0.15, -0.1) is 0 Å². The lowest BCUT2D eigenvalue weighted by Crippen LogP contribution is -2.05. The molecule has 0 amide bonds. The Bertz CT molecular complexity index is 305. The second-order valence-electron chi connectivity index (χ2n) is 6.22. The topological polar surface area (TPSA) is 26.3 Å². The normalized spacial score (nSPS) is 11.6. The number of unbranched alkanes of at least 4 members (excludes halogenated alkanes) is 10. The number of esters is 1. The first-order valence-corrected chi connectivity index (χ1v) is 9.69. The first kappa shape index (κ1) is 21.9. The average Bonchev–Trinajstić information content (AvgIpc) is 2.56. The summed E-state index contributed by atoms with van der Waals surface area (Å²) in [5.41, 5.74) is 0. The Morgan fingerprint density at radius 1 is 0.696 bits per heavy atom. The summed E-state index contributed by atoms with van der Waals surface area (Å²) in [6, 6.07) is 0. The first-order chi connectivity index (χ1) is 11.3. The zero-order valence-electron chi connectivity index (χ0n) is 15.5. The molecule has 2 nitrogen and oxygen atoms in total. The lowest BCUT2D eigenvalue weighted by molar-refractivity contribution is -0.143. The van der Waals surface area contributed by atoms with E-state index in [1.807, 2.05) is 0 Å². The molecule has 0 fully saturated rings. The second-order valence-corrected chi connectivity index (χ2v) is 6.22. The van der Waals surface area contributed by atoms with Crippen molar-refractivity contribution in [1.29, 1.82) is 0 Å². The van der Waals surface area contributed by atoms with Crippen molar-refractivity contribution in [3.05, 3.63) is 24.3 Å². The lowest BCUT2D eigenvalue weighted by atomic mass is 10.1. The van der Waals surface area contributed by atoms with Crippen LogP contribution in [-0.4, -0.2) is 12.6 Å². The van der Waals surface area contributed by atoms with Crippen LogP contribution in [0.1, 0.15) is 97.3 Å². The SMILES string of the molecule is CC=CCCCCCCCCC(=O)OCCCCCC/C=C/C. The summed E-state index contributed by atoms with van der Waals surface area (Å²) in [6.45, 7) is 4.74. The fraction of sp³-hybridized carbons (Fsp3) is 0.762. The van der Waals surface area contributed by atoms with Crippen molar-refractivity contribution >= 4 is 5.97 Å². The maximum absolute atomic E-state index is 11.6. The number of carbonyl (C=O) groups is 1. The molecule has 23 heavy (non-hydrogen) atoms. The summed E-state index contributed by atoms with van der Waals surface area (Å²) in [6.07, 6.45) is 23.6. The molecule has 0 heterocycles. The van der Waals surface area contributed by atoms with Gasteiger partial charge >= 0.3 is 5.97 Å². The van der Waals surface area contributed by atoms with Crippen LogP contribution in [0, 0.1) is 0 Å². The van der Waals surface area contributed by atoms with Gasteiger partial charge in [0.05, 0.1) is 6.61 Å². The molecule has 0 aromatic rings. The minimum Gasteiger partial charge on any atom is -0.466 e. The predicted octanol–water partition coefficient (Wildman–Crippen LogP) is 6.75. The van der Waals surface area contributed by atoms with Crippen LogP contribution in [0.15, 0.2) is 24.3 Å². The second kappa shape index (κ2) is 19.0. The Balaban J connectivity index is 3.19. The highest BCUT2D eigenvalue weighted by Gasteiger charge is 2.02. The Hall–Kier alpha value is -1.05. The van der Waals surface area contributed by atoms with Gasteiger partial charge in [0.15, 0.2) is 0 Å². The Labute approximate surface area is 144 Å². The molecule has 0 aliphatic rings. The molecule has 0 N–H and O–H groups in total. The molecule has 0 aromatic heterocycles. The number of allylic oxidation sites excluding steroid dienone is 4. The van der Waals surface area contributed by atoms with Crippen molar-refractivity contribution in [2.45, 2.75) is 97.3 Å². The molecule has 0 atom stereocenters. The van der Waals surface area contributed by atoms with Gasteiger partial charge in [-0.25, -0.2) is 0 Å². The van der Waals surface area contributed by atoms with Crippen molar-refractivity contribution in [3.63, 3.8) is 0 Å². The summed E-state index contributed by atoms with van der Waals surface area (Å²) >= 11 is 0. The van der Waals surface area contributed by atoms with Gasteiger partial charge in [0.1, 0.15) is 0 Å². The monoisotopic (exact) mass is 322 g/mol. The van der Waals surface area contributed by atoms with E-state index in [9.17, 15) is 4.79 Å². The van der Waals surface area contributed by atoms with Gasteiger partial charge in [-0.05, 0) is 52.4 Å². The van der Waals surface area contributed by atoms with E-state index in [0.29, 0.717) is 13.0 Å². The van der Waals surface area contributed by atoms with Crippen molar-refractivity contribution in [3.8, 4) is 0 Å². The fourth-order valence-corrected chi connectivity index (χ4v) is 2.55. The molecule has 0 spiro atoms. The summed E-state index contributed by atoms with van der Waals surface area (Å²) in [5.74, 6) is -0.00741. The highest BCUT2D eigenvalue weighted by molar-refractivity contribution is 5.69. The van der Waals surface area contributed by atoms with Crippen LogP contribution in [0.4, 0.5) is 0 Å². The van der Waals surface area contributed by atoms with E-state index in [1.54, 1.807) is 0 Å². The zero-order chi connectivity index (χ0) is 17.0. The minimum atomic E-state index is -0.00741. The molecule has 0 aliphatic heterocycles. The standard InChI is InChI=1S/C21H38O2/c1-3-5-7-9-11-12-13-15-17-19-21(22)23-20-18-16-14-10-8-6-4-2/h3-6H,7-20H2,1-2H3/b5-3?,6-4+. The van der Waals surface area contributed by atoms with Crippen LogP contribution in [0.5, 0.6) is 0 Å². The predicted molar refractivity (Wildman–Crippen MR) is 101 cm³/mol. The first-order valence-electron chi connectivity index (χ1n) is 9.69. The molecule has 134 valence electrons. The van der Waals surface area contributed by atoms with Gasteiger partial charge in [0.2, 0.25) is 0 Å². The average molecular weight is 323 g/mol. The summed E-state index contributed by atoms with van der Waals surface area (Å²) in [7, 11) is 0. The van der Waals surface area contributed by atoms with E-state index in [0.717, 1.165) is 25.7 Å². The summed E-state index contributed by atoms with van der Waals surface area (Å²) in [4.78, 5) is 11.6. The summed E-state index contributed by atoms with van der Waals surface area (Å²) in [5, 5.41) is 0. The summed E-state index contributed by atoms with van der Waals surface area (Å²) < 4.78 is 5.28. The van der Waals surface area contributed by atoms with Gasteiger partial charge in [0, 0.05) is 6.42 Å². The Kier molecular flexibility index (Phi) is 18.1. The van der Waals surface area contributed by atoms with Gasteiger partial charge in [0.25, 0.3) is 0 Å². The van der Waals surface area contributed by atoms with Crippen molar-refractivity contribution in [1.82, 2.24) is 0 Å². The van der Waals surface area contributed by atoms with Crippen LogP contribution in [0.3, 0.4) is 0 Å². The highest BCUT2D eigenvalue weighted by Crippen LogP contribution is 2.10. The largest absolute Gasteiger partial charge is 0.466 e. The van der Waals surface area contributed by atoms with E-state index in [2.05, 4.69) is 38.2 Å². The highest BCUT2D eigenvalue weighted by atomic mass is 16.5. The van der Waals surface area contributed by atoms with Crippen LogP contribution in [0.2, 0.25) is 0 Å². The molecule has 0 bridgehead atoms. The Morgan fingerprint density at radius 2 is 1.17 bits per heavy atom. The molecule has 0 saturated heterocycles. The maximum atomic E-state index is 11.6. The van der Waals surface area contributed by atoms with Crippen LogP contribution < -0.4 is 0 Å². The number of carbonyl (C=O) groups excluding carboxylic acids is 1.